The van der Waals surface area contributed by atoms with Gasteiger partial charge < -0.3 is 20.1 Å². The maximum Gasteiger partial charge on any atom is 0.313 e. The first-order valence-electron chi connectivity index (χ1n) is 8.90. The molecule has 3 N–H and O–H groups in total. The van der Waals surface area contributed by atoms with Gasteiger partial charge in [-0.2, -0.15) is 0 Å². The number of nitrogens with zero attached hydrogens (tertiary/aromatic N) is 1. The molecule has 2 aromatic carbocycles. The average Bonchev–Trinajstić information content (AvgIpc) is 2.68. The molecule has 8 heteroatoms. The number of Topliss-reactive ketones (excluding diaryl/α,β-unsaturated/α-hetero) is 1. The zero-order valence-corrected chi connectivity index (χ0v) is 17.6. The van der Waals surface area contributed by atoms with Crippen molar-refractivity contribution in [1.82, 2.24) is 0 Å². The largest absolute Gasteiger partial charge is 0.508 e. The molecule has 0 spiro atoms. The van der Waals surface area contributed by atoms with Crippen molar-refractivity contribution in [2.75, 3.05) is 6.61 Å². The molecule has 2 aromatic rings. The number of halogens is 1. The number of carbonyl (C=O) groups is 2. The summed E-state index contributed by atoms with van der Waals surface area (Å²) in [5, 5.41) is 29.0. The van der Waals surface area contributed by atoms with E-state index in [9.17, 15) is 24.9 Å². The van der Waals surface area contributed by atoms with Crippen molar-refractivity contribution < 1.29 is 29.6 Å². The molecule has 0 fully saturated rings. The number of carbonyl (C=O) groups excluding carboxylic acids is 2. The number of phenols is 2. The number of ketones is 1. The van der Waals surface area contributed by atoms with Gasteiger partial charge in [-0.05, 0) is 29.8 Å². The van der Waals surface area contributed by atoms with Crippen LogP contribution in [0.5, 0.6) is 17.2 Å². The lowest BCUT2D eigenvalue weighted by Crippen LogP contribution is -2.24. The number of aliphatic hydroxyl groups is 1. The fraction of sp³-hybridized carbons (Fsp3) is 0.286. The summed E-state index contributed by atoms with van der Waals surface area (Å²) in [6.07, 6.45) is 1.51. The van der Waals surface area contributed by atoms with Gasteiger partial charge in [0.25, 0.3) is 0 Å². The van der Waals surface area contributed by atoms with Crippen LogP contribution in [0.3, 0.4) is 0 Å². The van der Waals surface area contributed by atoms with E-state index in [0.29, 0.717) is 4.47 Å². The minimum Gasteiger partial charge on any atom is -0.508 e. The predicted molar refractivity (Wildman–Crippen MR) is 112 cm³/mol. The summed E-state index contributed by atoms with van der Waals surface area (Å²) < 4.78 is 5.75. The van der Waals surface area contributed by atoms with Gasteiger partial charge in [0.2, 0.25) is 0 Å². The lowest BCUT2D eigenvalue weighted by Gasteiger charge is -2.12. The molecule has 2 rings (SSSR count). The third-order valence-corrected chi connectivity index (χ3v) is 4.50. The number of aliphatic imine (C=N–C) groups is 1. The molecule has 0 amide bonds. The van der Waals surface area contributed by atoms with Gasteiger partial charge in [-0.1, -0.05) is 41.9 Å². The highest BCUT2D eigenvalue weighted by Gasteiger charge is 2.19. The highest BCUT2D eigenvalue weighted by Crippen LogP contribution is 2.33. The van der Waals surface area contributed by atoms with Crippen LogP contribution in [0.2, 0.25) is 0 Å². The van der Waals surface area contributed by atoms with Gasteiger partial charge in [0.05, 0.1) is 5.92 Å². The van der Waals surface area contributed by atoms with Crippen molar-refractivity contribution >= 4 is 33.9 Å². The Labute approximate surface area is 176 Å². The minimum atomic E-state index is -0.885. The minimum absolute atomic E-state index is 0.0249. The van der Waals surface area contributed by atoms with E-state index in [0.717, 1.165) is 5.56 Å². The quantitative estimate of drug-likeness (QED) is 0.314. The van der Waals surface area contributed by atoms with Crippen molar-refractivity contribution in [3.05, 3.63) is 52.0 Å². The molecular formula is C21H22BrNO6. The number of aliphatic hydroxyl groups excluding tert-OH is 1. The number of phenolic OH excluding ortho intramolecular Hbond substituents is 2. The van der Waals surface area contributed by atoms with Crippen LogP contribution in [-0.2, 0) is 16.0 Å². The smallest absolute Gasteiger partial charge is 0.313 e. The topological polar surface area (TPSA) is 116 Å². The van der Waals surface area contributed by atoms with Crippen LogP contribution in [0, 0.1) is 5.92 Å². The molecule has 0 bridgehead atoms. The molecule has 154 valence electrons. The Morgan fingerprint density at radius 2 is 1.83 bits per heavy atom. The number of hydrogen-bond donors (Lipinski definition) is 3. The number of esters is 1. The van der Waals surface area contributed by atoms with Gasteiger partial charge in [-0.25, -0.2) is 0 Å². The highest BCUT2D eigenvalue weighted by molar-refractivity contribution is 9.10. The molecule has 1 unspecified atom stereocenters. The first kappa shape index (κ1) is 22.6. The lowest BCUT2D eigenvalue weighted by atomic mass is 10.0. The summed E-state index contributed by atoms with van der Waals surface area (Å²) in [6, 6.07) is 8.44. The van der Waals surface area contributed by atoms with Gasteiger partial charge in [-0.3, -0.25) is 14.6 Å². The van der Waals surface area contributed by atoms with Gasteiger partial charge >= 0.3 is 5.97 Å². The van der Waals surface area contributed by atoms with Gasteiger partial charge in [0, 0.05) is 22.7 Å². The lowest BCUT2D eigenvalue weighted by molar-refractivity contribution is -0.137. The fourth-order valence-electron chi connectivity index (χ4n) is 2.38. The van der Waals surface area contributed by atoms with Crippen molar-refractivity contribution in [2.45, 2.75) is 26.3 Å². The summed E-state index contributed by atoms with van der Waals surface area (Å²) in [4.78, 5) is 28.1. The molecular weight excluding hydrogens is 442 g/mol. The van der Waals surface area contributed by atoms with Gasteiger partial charge in [0.15, 0.2) is 17.3 Å². The van der Waals surface area contributed by atoms with Crippen molar-refractivity contribution in [3.8, 4) is 17.2 Å². The first-order chi connectivity index (χ1) is 13.7. The van der Waals surface area contributed by atoms with E-state index in [4.69, 9.17) is 4.74 Å². The number of benzene rings is 2. The average molecular weight is 464 g/mol. The summed E-state index contributed by atoms with van der Waals surface area (Å²) in [5.74, 6) is -1.57. The van der Waals surface area contributed by atoms with Crippen LogP contribution < -0.4 is 4.74 Å². The molecule has 29 heavy (non-hydrogen) atoms. The van der Waals surface area contributed by atoms with Crippen molar-refractivity contribution in [2.24, 2.45) is 10.9 Å². The van der Waals surface area contributed by atoms with E-state index in [2.05, 4.69) is 20.9 Å². The summed E-state index contributed by atoms with van der Waals surface area (Å²) in [6.45, 7) is 2.67. The summed E-state index contributed by atoms with van der Waals surface area (Å²) in [5.41, 5.74) is 0.990. The zero-order valence-electron chi connectivity index (χ0n) is 16.0. The van der Waals surface area contributed by atoms with Gasteiger partial charge in [0.1, 0.15) is 18.4 Å². The molecule has 0 aliphatic heterocycles. The molecule has 0 aliphatic rings. The Balaban J connectivity index is 2.29. The first-order valence-corrected chi connectivity index (χ1v) is 9.69. The number of ether oxygens (including phenoxy) is 1. The SMILES string of the molecule is CC(C)C(=O)Oc1cc(Br)cc(C=NC(Cc2ccc(O)cc2)C(=O)CO)c1O. The van der Waals surface area contributed by atoms with E-state index in [-0.39, 0.29) is 35.2 Å². The Morgan fingerprint density at radius 1 is 1.17 bits per heavy atom. The van der Waals surface area contributed by atoms with E-state index in [1.807, 2.05) is 0 Å². The molecule has 0 saturated heterocycles. The maximum absolute atomic E-state index is 12.1. The molecule has 0 saturated carbocycles. The number of rotatable bonds is 8. The molecule has 7 nitrogen and oxygen atoms in total. The molecule has 1 atom stereocenters. The van der Waals surface area contributed by atoms with Crippen LogP contribution in [0.25, 0.3) is 0 Å². The van der Waals surface area contributed by atoms with Crippen LogP contribution in [0.1, 0.15) is 25.0 Å². The van der Waals surface area contributed by atoms with Crippen molar-refractivity contribution in [3.63, 3.8) is 0 Å². The normalized spacial score (nSPS) is 12.3. The summed E-state index contributed by atoms with van der Waals surface area (Å²) in [7, 11) is 0. The Hall–Kier alpha value is -2.71. The van der Waals surface area contributed by atoms with E-state index in [1.54, 1.807) is 32.0 Å². The molecule has 0 radical (unpaired) electrons. The Bertz CT molecular complexity index is 908. The van der Waals surface area contributed by atoms with E-state index in [1.165, 1.54) is 24.4 Å². The fourth-order valence-corrected chi connectivity index (χ4v) is 2.83. The third kappa shape index (κ3) is 6.40. The zero-order chi connectivity index (χ0) is 21.6. The monoisotopic (exact) mass is 463 g/mol. The number of hydrogen-bond acceptors (Lipinski definition) is 7. The predicted octanol–water partition coefficient (Wildman–Crippen LogP) is 3.01. The maximum atomic E-state index is 12.1. The third-order valence-electron chi connectivity index (χ3n) is 4.04. The molecule has 0 aliphatic carbocycles. The van der Waals surface area contributed by atoms with Crippen LogP contribution in [0.4, 0.5) is 0 Å². The Kier molecular flexibility index (Phi) is 7.92. The number of aromatic hydroxyl groups is 2. The van der Waals surface area contributed by atoms with Crippen LogP contribution in [-0.4, -0.2) is 45.9 Å². The Morgan fingerprint density at radius 3 is 2.41 bits per heavy atom. The standard InChI is InChI=1S/C21H22BrNO6/c1-12(2)21(28)29-19-9-15(22)8-14(20(19)27)10-23-17(18(26)11-24)7-13-3-5-16(25)6-4-13/h3-6,8-10,12,17,24-25,27H,7,11H2,1-2H3. The van der Waals surface area contributed by atoms with Crippen LogP contribution in [0.15, 0.2) is 45.9 Å². The van der Waals surface area contributed by atoms with Crippen molar-refractivity contribution in [1.29, 1.82) is 0 Å². The molecule has 0 heterocycles. The second kappa shape index (κ2) is 10.2. The second-order valence-electron chi connectivity index (χ2n) is 6.71. The van der Waals surface area contributed by atoms with E-state index < -0.39 is 24.4 Å². The second-order valence-corrected chi connectivity index (χ2v) is 7.62. The summed E-state index contributed by atoms with van der Waals surface area (Å²) >= 11 is 3.29. The van der Waals surface area contributed by atoms with Crippen LogP contribution >= 0.6 is 15.9 Å². The molecule has 0 aromatic heterocycles. The highest BCUT2D eigenvalue weighted by atomic mass is 79.9. The van der Waals surface area contributed by atoms with Gasteiger partial charge in [-0.15, -0.1) is 0 Å². The van der Waals surface area contributed by atoms with E-state index >= 15 is 0 Å².